The van der Waals surface area contributed by atoms with Crippen LogP contribution in [0.15, 0.2) is 16.0 Å². The Bertz CT molecular complexity index is 2340. The molecule has 1 saturated heterocycles. The lowest BCUT2D eigenvalue weighted by Crippen LogP contribution is -2.59. The predicted molar refractivity (Wildman–Crippen MR) is 278 cm³/mol. The van der Waals surface area contributed by atoms with Gasteiger partial charge in [-0.25, -0.2) is 17.9 Å². The molecular weight excluding hydrogens is 999 g/mol. The minimum absolute atomic E-state index is 0.0100. The zero-order valence-corrected chi connectivity index (χ0v) is 47.4. The molecule has 24 nitrogen and oxygen atoms in total. The molecule has 1 heterocycles. The van der Waals surface area contributed by atoms with Gasteiger partial charge >= 0.3 is 18.0 Å². The van der Waals surface area contributed by atoms with Gasteiger partial charge in [-0.15, -0.1) is 0 Å². The van der Waals surface area contributed by atoms with Gasteiger partial charge in [-0.2, -0.15) is 0 Å². The van der Waals surface area contributed by atoms with Crippen molar-refractivity contribution in [1.29, 1.82) is 0 Å². The number of ether oxygens (including phenoxy) is 5. The van der Waals surface area contributed by atoms with Crippen LogP contribution in [0, 0.1) is 26.7 Å². The first-order valence-electron chi connectivity index (χ1n) is 24.8. The summed E-state index contributed by atoms with van der Waals surface area (Å²) in [5.41, 5.74) is 3.69. The number of esters is 2. The third-order valence-corrected chi connectivity index (χ3v) is 12.4. The number of aliphatic imine (C=N–C) groups is 1. The van der Waals surface area contributed by atoms with E-state index in [9.17, 15) is 46.8 Å². The van der Waals surface area contributed by atoms with Crippen LogP contribution in [-0.4, -0.2) is 142 Å². The lowest BCUT2D eigenvalue weighted by Gasteiger charge is -2.30. The van der Waals surface area contributed by atoms with E-state index in [1.165, 1.54) is 7.11 Å². The molecule has 75 heavy (non-hydrogen) atoms. The summed E-state index contributed by atoms with van der Waals surface area (Å²) in [7, 11) is -2.75. The molecule has 1 aromatic carbocycles. The summed E-state index contributed by atoms with van der Waals surface area (Å²) in [5, 5.41) is 15.4. The Balaban J connectivity index is 2.62. The Morgan fingerprint density at radius 3 is 1.73 bits per heavy atom. The first kappa shape index (κ1) is 64.9. The van der Waals surface area contributed by atoms with Gasteiger partial charge < -0.3 is 61.3 Å². The largest absolute Gasteiger partial charge is 0.496 e. The molecule has 0 unspecified atom stereocenters. The van der Waals surface area contributed by atoms with Crippen LogP contribution in [0.25, 0.3) is 0 Å². The zero-order valence-electron chi connectivity index (χ0n) is 46.6. The van der Waals surface area contributed by atoms with Crippen LogP contribution >= 0.6 is 0 Å². The van der Waals surface area contributed by atoms with Gasteiger partial charge in [-0.05, 0) is 159 Å². The molecule has 0 aliphatic carbocycles. The van der Waals surface area contributed by atoms with E-state index in [1.807, 2.05) is 0 Å². The summed E-state index contributed by atoms with van der Waals surface area (Å²) in [6.45, 7) is 23.3. The molecule has 0 saturated carbocycles. The number of nitrogens with one attached hydrogen (secondary N) is 7. The molecule has 4 atom stereocenters. The Kier molecular flexibility index (Phi) is 23.8. The van der Waals surface area contributed by atoms with Crippen LogP contribution in [0.4, 0.5) is 4.79 Å². The van der Waals surface area contributed by atoms with Crippen LogP contribution in [0.3, 0.4) is 0 Å². The van der Waals surface area contributed by atoms with Gasteiger partial charge in [0, 0.05) is 19.5 Å². The quantitative estimate of drug-likeness (QED) is 0.0261. The maximum atomic E-state index is 14.3. The van der Waals surface area contributed by atoms with E-state index in [4.69, 9.17) is 29.4 Å². The molecule has 0 bridgehead atoms. The summed E-state index contributed by atoms with van der Waals surface area (Å²) in [4.78, 5) is 114. The minimum Gasteiger partial charge on any atom is -0.496 e. The lowest BCUT2D eigenvalue weighted by molar-refractivity contribution is -0.175. The van der Waals surface area contributed by atoms with Crippen LogP contribution in [0.5, 0.6) is 5.75 Å². The molecule has 1 aliphatic heterocycles. The van der Waals surface area contributed by atoms with Crippen LogP contribution in [0.1, 0.15) is 138 Å². The highest BCUT2D eigenvalue weighted by Gasteiger charge is 2.41. The monoisotopic (exact) mass is 1080 g/mol. The number of unbranched alkanes of at least 4 members (excludes halogenated alkanes) is 1. The number of benzene rings is 1. The Hall–Kier alpha value is -6.24. The Morgan fingerprint density at radius 2 is 1.20 bits per heavy atom. The molecule has 9 N–H and O–H groups in total. The molecule has 2 rings (SSSR count). The van der Waals surface area contributed by atoms with E-state index in [0.717, 1.165) is 0 Å². The van der Waals surface area contributed by atoms with Gasteiger partial charge in [0.15, 0.2) is 5.92 Å². The van der Waals surface area contributed by atoms with E-state index in [-0.39, 0.29) is 43.7 Å². The maximum Gasteiger partial charge on any atom is 0.407 e. The number of amides is 6. The van der Waals surface area contributed by atoms with Crippen molar-refractivity contribution in [2.24, 2.45) is 16.6 Å². The van der Waals surface area contributed by atoms with Crippen molar-refractivity contribution < 1.29 is 70.5 Å². The zero-order chi connectivity index (χ0) is 57.4. The number of hydrogen-bond donors (Lipinski definition) is 8. The molecule has 1 aromatic rings. The van der Waals surface area contributed by atoms with E-state index in [2.05, 4.69) is 41.6 Å². The molecule has 424 valence electrons. The fraction of sp³-hybridized carbons (Fsp3) is 0.700. The molecule has 6 amide bonds. The second-order valence-electron chi connectivity index (χ2n) is 22.2. The lowest BCUT2D eigenvalue weighted by atomic mass is 9.97. The number of rotatable bonds is 18. The average Bonchev–Trinajstić information content (AvgIpc) is 3.24. The van der Waals surface area contributed by atoms with E-state index in [1.54, 1.807) is 110 Å². The number of aryl methyl sites for hydroxylation is 1. The van der Waals surface area contributed by atoms with Crippen molar-refractivity contribution in [2.75, 3.05) is 33.4 Å². The topological polar surface area (TPSA) is 339 Å². The van der Waals surface area contributed by atoms with E-state index in [0.29, 0.717) is 28.9 Å². The summed E-state index contributed by atoms with van der Waals surface area (Å²) in [5.74, 6) is -8.50. The summed E-state index contributed by atoms with van der Waals surface area (Å²) in [6, 6.07) is -4.47. The van der Waals surface area contributed by atoms with E-state index >= 15 is 0 Å². The van der Waals surface area contributed by atoms with Crippen molar-refractivity contribution in [1.82, 2.24) is 36.6 Å². The fourth-order valence-electron chi connectivity index (χ4n) is 7.25. The van der Waals surface area contributed by atoms with E-state index < -0.39 is 136 Å². The molecule has 0 aromatic heterocycles. The van der Waals surface area contributed by atoms with Crippen molar-refractivity contribution in [3.63, 3.8) is 0 Å². The second-order valence-corrected chi connectivity index (χ2v) is 23.8. The number of guanidine groups is 1. The van der Waals surface area contributed by atoms with Crippen LogP contribution < -0.4 is 47.1 Å². The van der Waals surface area contributed by atoms with Gasteiger partial charge in [-0.1, -0.05) is 0 Å². The first-order chi connectivity index (χ1) is 34.3. The van der Waals surface area contributed by atoms with Crippen molar-refractivity contribution in [3.8, 4) is 5.75 Å². The third-order valence-electron chi connectivity index (χ3n) is 10.7. The summed E-state index contributed by atoms with van der Waals surface area (Å²) < 4.78 is 56.9. The summed E-state index contributed by atoms with van der Waals surface area (Å²) >= 11 is 0. The number of hydrogen-bond acceptors (Lipinski definition) is 16. The van der Waals surface area contributed by atoms with Gasteiger partial charge in [0.05, 0.1) is 30.8 Å². The van der Waals surface area contributed by atoms with Gasteiger partial charge in [0.1, 0.15) is 46.7 Å². The van der Waals surface area contributed by atoms with Gasteiger partial charge in [-0.3, -0.25) is 38.6 Å². The number of nitrogens with two attached hydrogens (primary N) is 1. The Morgan fingerprint density at radius 1 is 0.693 bits per heavy atom. The third kappa shape index (κ3) is 23.5. The maximum absolute atomic E-state index is 14.3. The Labute approximate surface area is 441 Å². The number of carbonyl (C=O) groups excluding carboxylic acids is 8. The number of alkyl carbamates (subject to hydrolysis) is 1. The molecule has 1 aliphatic rings. The number of sulfonamides is 1. The molecule has 1 fully saturated rings. The molecule has 0 spiro atoms. The number of methoxy groups -OCH3 is 1. The van der Waals surface area contributed by atoms with Gasteiger partial charge in [0.2, 0.25) is 35.5 Å². The standard InChI is InChI=1S/C50H83N9O15S/c1-28-24-36(70-16)29(2)30(3)38(28)75(68,69)59-45(51)52-23-19-21-32-39(61)54-26-37(60)55-34(25-31(43(65)72-48(7,8)9)44(66)73-49(10,11)12)41(63)58-35(27-71-47(4,5)6)42(64)57-33(40(62)56-32)20-17-18-22-53-46(67)74-50(13,14)15/h24,31-35H,17-23,25-27H2,1-16H3,(H,53,67)(H,54,61)(H,55,60)(H,56,62)(H,57,64)(H,58,63)(H3,51,52,59)/t32-,33-,34-,35-/m0/s1. The minimum atomic E-state index is -4.23. The average molecular weight is 1080 g/mol. The second kappa shape index (κ2) is 27.5. The number of carbonyl (C=O) groups is 8. The van der Waals surface area contributed by atoms with Crippen LogP contribution in [-0.2, 0) is 62.5 Å². The predicted octanol–water partition coefficient (Wildman–Crippen LogP) is 2.26. The smallest absolute Gasteiger partial charge is 0.407 e. The summed E-state index contributed by atoms with van der Waals surface area (Å²) in [6.07, 6.45) is -1.03. The highest BCUT2D eigenvalue weighted by atomic mass is 32.2. The van der Waals surface area contributed by atoms with Crippen molar-refractivity contribution in [2.45, 2.75) is 194 Å². The molecular formula is C50H83N9O15S. The normalized spacial score (nSPS) is 19.0. The SMILES string of the molecule is COc1cc(C)c(S(=O)(=O)NC(N)=NCCC[C@@H]2NC(=O)[C@H](CCCCNC(=O)OC(C)(C)C)NC(=O)[C@H](COC(C)(C)C)NC(=O)[C@H](CC(C(=O)OC(C)(C)C)C(=O)OC(C)(C)C)NC(=O)CNC2=O)c(C)c1C. The molecule has 0 radical (unpaired) electrons. The van der Waals surface area contributed by atoms with Crippen molar-refractivity contribution >= 4 is 63.6 Å². The fourth-order valence-corrected chi connectivity index (χ4v) is 8.73. The van der Waals surface area contributed by atoms with Gasteiger partial charge in [0.25, 0.3) is 10.0 Å². The molecule has 25 heteroatoms. The number of nitrogens with zero attached hydrogens (tertiary/aromatic N) is 1. The first-order valence-corrected chi connectivity index (χ1v) is 26.3. The van der Waals surface area contributed by atoms with Crippen LogP contribution in [0.2, 0.25) is 0 Å². The highest BCUT2D eigenvalue weighted by Crippen LogP contribution is 2.30. The highest BCUT2D eigenvalue weighted by molar-refractivity contribution is 7.90. The van der Waals surface area contributed by atoms with Crippen molar-refractivity contribution in [3.05, 3.63) is 22.8 Å².